The van der Waals surface area contributed by atoms with E-state index in [1.54, 1.807) is 18.2 Å². The first-order chi connectivity index (χ1) is 13.5. The quantitative estimate of drug-likeness (QED) is 0.499. The van der Waals surface area contributed by atoms with E-state index in [1.165, 1.54) is 37.4 Å². The first-order valence-corrected chi connectivity index (χ1v) is 11.2. The third-order valence-electron chi connectivity index (χ3n) is 4.73. The van der Waals surface area contributed by atoms with Gasteiger partial charge >= 0.3 is 0 Å². The lowest BCUT2D eigenvalue weighted by molar-refractivity contribution is -0.119. The van der Waals surface area contributed by atoms with Gasteiger partial charge in [0.15, 0.2) is 11.0 Å². The molecule has 1 fully saturated rings. The van der Waals surface area contributed by atoms with E-state index in [0.29, 0.717) is 38.6 Å². The van der Waals surface area contributed by atoms with Crippen molar-refractivity contribution in [3.8, 4) is 5.75 Å². The van der Waals surface area contributed by atoms with Crippen molar-refractivity contribution in [1.82, 2.24) is 20.1 Å². The zero-order chi connectivity index (χ0) is 19.9. The predicted octanol–water partition coefficient (Wildman–Crippen LogP) is 4.63. The van der Waals surface area contributed by atoms with Crippen LogP contribution in [0.5, 0.6) is 5.75 Å². The number of nitrogens with zero attached hydrogens (tertiary/aromatic N) is 3. The topological polar surface area (TPSA) is 69.0 Å². The number of halogens is 2. The molecule has 0 radical (unpaired) electrons. The number of ether oxygens (including phenoxy) is 1. The smallest absolute Gasteiger partial charge is 0.230 e. The van der Waals surface area contributed by atoms with Crippen LogP contribution < -0.4 is 10.1 Å². The van der Waals surface area contributed by atoms with Crippen LogP contribution in [0.25, 0.3) is 0 Å². The van der Waals surface area contributed by atoms with Crippen molar-refractivity contribution in [2.45, 2.75) is 56.3 Å². The summed E-state index contributed by atoms with van der Waals surface area (Å²) >= 11 is 13.4. The summed E-state index contributed by atoms with van der Waals surface area (Å²) in [5, 5.41) is 13.1. The monoisotopic (exact) mass is 442 g/mol. The number of aromatic nitrogens is 3. The zero-order valence-corrected chi connectivity index (χ0v) is 18.1. The lowest BCUT2D eigenvalue weighted by atomic mass is 10.1. The molecule has 1 aliphatic carbocycles. The number of nitrogens with one attached hydrogen (secondary N) is 1. The summed E-state index contributed by atoms with van der Waals surface area (Å²) in [6.45, 7) is 0.222. The van der Waals surface area contributed by atoms with Crippen molar-refractivity contribution >= 4 is 40.9 Å². The van der Waals surface area contributed by atoms with Gasteiger partial charge in [0.2, 0.25) is 5.91 Å². The van der Waals surface area contributed by atoms with Crippen LogP contribution >= 0.6 is 35.0 Å². The molecular formula is C19H24Cl2N4O2S. The molecule has 6 nitrogen and oxygen atoms in total. The second kappa shape index (κ2) is 10.4. The van der Waals surface area contributed by atoms with Crippen molar-refractivity contribution < 1.29 is 9.53 Å². The maximum Gasteiger partial charge on any atom is 0.230 e. The third-order valence-corrected chi connectivity index (χ3v) is 6.28. The molecule has 1 amide bonds. The predicted molar refractivity (Wildman–Crippen MR) is 112 cm³/mol. The summed E-state index contributed by atoms with van der Waals surface area (Å²) in [4.78, 5) is 12.3. The molecule has 0 spiro atoms. The Kier molecular flexibility index (Phi) is 7.88. The first kappa shape index (κ1) is 21.3. The van der Waals surface area contributed by atoms with Crippen molar-refractivity contribution in [2.24, 2.45) is 7.05 Å². The Morgan fingerprint density at radius 1 is 1.25 bits per heavy atom. The van der Waals surface area contributed by atoms with Crippen molar-refractivity contribution in [1.29, 1.82) is 0 Å². The van der Waals surface area contributed by atoms with Gasteiger partial charge in [-0.2, -0.15) is 0 Å². The van der Waals surface area contributed by atoms with Gasteiger partial charge in [0.1, 0.15) is 12.4 Å². The third kappa shape index (κ3) is 6.03. The van der Waals surface area contributed by atoms with Crippen LogP contribution in [0.3, 0.4) is 0 Å². The second-order valence-electron chi connectivity index (χ2n) is 6.87. The van der Waals surface area contributed by atoms with Crippen LogP contribution in [0.1, 0.15) is 44.3 Å². The molecule has 1 aliphatic rings. The Morgan fingerprint density at radius 2 is 2.00 bits per heavy atom. The number of carbonyl (C=O) groups excluding carboxylic acids is 1. The molecule has 1 N–H and O–H groups in total. The molecule has 1 aromatic heterocycles. The highest BCUT2D eigenvalue weighted by Crippen LogP contribution is 2.28. The molecule has 28 heavy (non-hydrogen) atoms. The van der Waals surface area contributed by atoms with Gasteiger partial charge in [-0.1, -0.05) is 60.6 Å². The van der Waals surface area contributed by atoms with Crippen molar-refractivity contribution in [3.05, 3.63) is 34.1 Å². The molecule has 0 unspecified atom stereocenters. The van der Waals surface area contributed by atoms with Gasteiger partial charge in [0.05, 0.1) is 10.8 Å². The fraction of sp³-hybridized carbons (Fsp3) is 0.526. The number of rotatable bonds is 7. The van der Waals surface area contributed by atoms with Gasteiger partial charge in [-0.3, -0.25) is 4.79 Å². The van der Waals surface area contributed by atoms with Crippen LogP contribution in [-0.2, 0) is 18.4 Å². The SMILES string of the molecule is Cn1c(COc2ccc(Cl)cc2Cl)nnc1SCC(=O)NC1CCCCCC1. The summed E-state index contributed by atoms with van der Waals surface area (Å²) in [6, 6.07) is 5.37. The minimum absolute atomic E-state index is 0.0469. The molecule has 0 atom stereocenters. The van der Waals surface area contributed by atoms with Crippen LogP contribution in [0, 0.1) is 0 Å². The van der Waals surface area contributed by atoms with Crippen LogP contribution in [-0.4, -0.2) is 32.5 Å². The molecule has 1 saturated carbocycles. The number of thioether (sulfide) groups is 1. The number of hydrogen-bond acceptors (Lipinski definition) is 5. The summed E-state index contributed by atoms with van der Waals surface area (Å²) < 4.78 is 7.53. The normalized spacial score (nSPS) is 15.2. The van der Waals surface area contributed by atoms with Crippen LogP contribution in [0.15, 0.2) is 23.4 Å². The Balaban J connectivity index is 1.49. The molecule has 0 saturated heterocycles. The minimum Gasteiger partial charge on any atom is -0.484 e. The Hall–Kier alpha value is -1.44. The molecule has 152 valence electrons. The van der Waals surface area contributed by atoms with Gasteiger partial charge in [0, 0.05) is 18.1 Å². The summed E-state index contributed by atoms with van der Waals surface area (Å²) in [5.41, 5.74) is 0. The fourth-order valence-corrected chi connectivity index (χ4v) is 4.36. The summed E-state index contributed by atoms with van der Waals surface area (Å²) in [5.74, 6) is 1.56. The maximum atomic E-state index is 12.3. The molecule has 0 bridgehead atoms. The van der Waals surface area contributed by atoms with E-state index < -0.39 is 0 Å². The van der Waals surface area contributed by atoms with E-state index in [0.717, 1.165) is 12.8 Å². The second-order valence-corrected chi connectivity index (χ2v) is 8.65. The molecule has 0 aliphatic heterocycles. The number of carbonyl (C=O) groups is 1. The van der Waals surface area contributed by atoms with E-state index >= 15 is 0 Å². The number of hydrogen-bond donors (Lipinski definition) is 1. The molecule has 3 rings (SSSR count). The average molecular weight is 443 g/mol. The van der Waals surface area contributed by atoms with Crippen molar-refractivity contribution in [2.75, 3.05) is 5.75 Å². The van der Waals surface area contributed by atoms with E-state index in [9.17, 15) is 4.79 Å². The Bertz CT molecular complexity index is 807. The van der Waals surface area contributed by atoms with E-state index in [4.69, 9.17) is 27.9 Å². The van der Waals surface area contributed by atoms with E-state index in [-0.39, 0.29) is 12.5 Å². The zero-order valence-electron chi connectivity index (χ0n) is 15.8. The van der Waals surface area contributed by atoms with E-state index in [1.807, 2.05) is 11.6 Å². The summed E-state index contributed by atoms with van der Waals surface area (Å²) in [6.07, 6.45) is 7.09. The number of benzene rings is 1. The molecule has 1 aromatic carbocycles. The lowest BCUT2D eigenvalue weighted by Gasteiger charge is -2.15. The highest BCUT2D eigenvalue weighted by Gasteiger charge is 2.16. The molecule has 2 aromatic rings. The molecule has 1 heterocycles. The number of amides is 1. The van der Waals surface area contributed by atoms with Crippen molar-refractivity contribution in [3.63, 3.8) is 0 Å². The van der Waals surface area contributed by atoms with Gasteiger partial charge in [0.25, 0.3) is 0 Å². The van der Waals surface area contributed by atoms with Gasteiger partial charge < -0.3 is 14.6 Å². The van der Waals surface area contributed by atoms with Gasteiger partial charge in [-0.15, -0.1) is 10.2 Å². The minimum atomic E-state index is 0.0469. The average Bonchev–Trinajstić information content (AvgIpc) is 2.84. The maximum absolute atomic E-state index is 12.3. The highest BCUT2D eigenvalue weighted by molar-refractivity contribution is 7.99. The van der Waals surface area contributed by atoms with E-state index in [2.05, 4.69) is 15.5 Å². The van der Waals surface area contributed by atoms with Crippen LogP contribution in [0.4, 0.5) is 0 Å². The standard InChI is InChI=1S/C19H24Cl2N4O2S/c1-25-17(11-27-16-9-8-13(20)10-15(16)21)23-24-19(25)28-12-18(26)22-14-6-4-2-3-5-7-14/h8-10,14H,2-7,11-12H2,1H3,(H,22,26). The molecular weight excluding hydrogens is 419 g/mol. The van der Waals surface area contributed by atoms with Gasteiger partial charge in [-0.05, 0) is 31.0 Å². The van der Waals surface area contributed by atoms with Gasteiger partial charge in [-0.25, -0.2) is 0 Å². The summed E-state index contributed by atoms with van der Waals surface area (Å²) in [7, 11) is 1.85. The largest absolute Gasteiger partial charge is 0.484 e. The molecule has 9 heteroatoms. The Morgan fingerprint density at radius 3 is 2.71 bits per heavy atom. The highest BCUT2D eigenvalue weighted by atomic mass is 35.5. The fourth-order valence-electron chi connectivity index (χ4n) is 3.15. The van der Waals surface area contributed by atoms with Crippen LogP contribution in [0.2, 0.25) is 10.0 Å². The Labute approximate surface area is 179 Å². The lowest BCUT2D eigenvalue weighted by Crippen LogP contribution is -2.35. The first-order valence-electron chi connectivity index (χ1n) is 9.41.